The number of hydrogen-bond acceptors (Lipinski definition) is 3. The molecule has 0 spiro atoms. The molecule has 2 fully saturated rings. The largest absolute Gasteiger partial charge is 0.493 e. The van der Waals surface area contributed by atoms with Crippen LogP contribution >= 0.6 is 0 Å². The fourth-order valence-electron chi connectivity index (χ4n) is 4.24. The maximum Gasteiger partial charge on any atom is 0.217 e. The van der Waals surface area contributed by atoms with Gasteiger partial charge in [-0.15, -0.1) is 0 Å². The summed E-state index contributed by atoms with van der Waals surface area (Å²) in [6, 6.07) is 13.8. The van der Waals surface area contributed by atoms with Gasteiger partial charge in [-0.25, -0.2) is 4.39 Å². The molecule has 1 atom stereocenters. The Hall–Kier alpha value is -2.56. The second-order valence-corrected chi connectivity index (χ2v) is 8.71. The number of carbonyl (C=O) groups is 1. The smallest absolute Gasteiger partial charge is 0.217 e. The molecule has 0 aromatic heterocycles. The molecule has 0 radical (unpaired) electrons. The Labute approximate surface area is 178 Å². The molecular formula is C25H31FN2O2. The summed E-state index contributed by atoms with van der Waals surface area (Å²) in [4.78, 5) is 13.6. The Balaban J connectivity index is 1.32. The first-order valence-corrected chi connectivity index (χ1v) is 11.0. The molecule has 1 N–H and O–H groups in total. The Morgan fingerprint density at radius 3 is 2.43 bits per heavy atom. The molecule has 1 heterocycles. The summed E-state index contributed by atoms with van der Waals surface area (Å²) in [6.45, 7) is 6.04. The number of anilines is 1. The Bertz CT molecular complexity index is 871. The van der Waals surface area contributed by atoms with Crippen LogP contribution < -0.4 is 15.0 Å². The predicted molar refractivity (Wildman–Crippen MR) is 117 cm³/mol. The highest BCUT2D eigenvalue weighted by atomic mass is 19.1. The zero-order valence-electron chi connectivity index (χ0n) is 17.9. The van der Waals surface area contributed by atoms with E-state index < -0.39 is 0 Å². The number of amides is 1. The monoisotopic (exact) mass is 410 g/mol. The average molecular weight is 411 g/mol. The number of nitrogens with one attached hydrogen (secondary N) is 1. The highest BCUT2D eigenvalue weighted by Crippen LogP contribution is 2.34. The van der Waals surface area contributed by atoms with Crippen molar-refractivity contribution in [3.05, 3.63) is 59.4 Å². The summed E-state index contributed by atoms with van der Waals surface area (Å²) < 4.78 is 20.4. The van der Waals surface area contributed by atoms with Crippen molar-refractivity contribution in [2.24, 2.45) is 5.92 Å². The van der Waals surface area contributed by atoms with Crippen molar-refractivity contribution in [2.45, 2.75) is 51.5 Å². The number of nitrogens with zero attached hydrogens (tertiary/aromatic N) is 1. The number of hydrogen-bond donors (Lipinski definition) is 1. The van der Waals surface area contributed by atoms with Gasteiger partial charge in [0.1, 0.15) is 11.6 Å². The fourth-order valence-corrected chi connectivity index (χ4v) is 4.24. The highest BCUT2D eigenvalue weighted by Gasteiger charge is 2.25. The highest BCUT2D eigenvalue weighted by molar-refractivity contribution is 5.73. The van der Waals surface area contributed by atoms with E-state index in [4.69, 9.17) is 4.74 Å². The van der Waals surface area contributed by atoms with Gasteiger partial charge in [0.25, 0.3) is 0 Å². The van der Waals surface area contributed by atoms with Crippen molar-refractivity contribution < 1.29 is 13.9 Å². The van der Waals surface area contributed by atoms with E-state index in [1.165, 1.54) is 25.5 Å². The van der Waals surface area contributed by atoms with E-state index in [9.17, 15) is 9.18 Å². The molecule has 30 heavy (non-hydrogen) atoms. The molecule has 1 amide bonds. The van der Waals surface area contributed by atoms with Crippen LogP contribution in [0.15, 0.2) is 42.5 Å². The molecule has 1 aliphatic heterocycles. The van der Waals surface area contributed by atoms with Crippen LogP contribution in [0.25, 0.3) is 0 Å². The van der Waals surface area contributed by atoms with E-state index in [1.54, 1.807) is 6.07 Å². The third-order valence-corrected chi connectivity index (χ3v) is 6.27. The molecule has 160 valence electrons. The van der Waals surface area contributed by atoms with Gasteiger partial charge in [-0.1, -0.05) is 18.2 Å². The zero-order valence-corrected chi connectivity index (χ0v) is 17.9. The molecule has 0 bridgehead atoms. The lowest BCUT2D eigenvalue weighted by molar-refractivity contribution is -0.119. The molecule has 2 aromatic rings. The first-order chi connectivity index (χ1) is 14.5. The number of piperidine rings is 1. The van der Waals surface area contributed by atoms with Crippen molar-refractivity contribution in [1.29, 1.82) is 0 Å². The molecule has 4 nitrogen and oxygen atoms in total. The summed E-state index contributed by atoms with van der Waals surface area (Å²) >= 11 is 0. The Morgan fingerprint density at radius 2 is 1.83 bits per heavy atom. The Morgan fingerprint density at radius 1 is 1.13 bits per heavy atom. The predicted octanol–water partition coefficient (Wildman–Crippen LogP) is 5.20. The molecular weight excluding hydrogens is 379 g/mol. The van der Waals surface area contributed by atoms with E-state index in [0.29, 0.717) is 18.3 Å². The van der Waals surface area contributed by atoms with Crippen LogP contribution in [-0.4, -0.2) is 25.6 Å². The van der Waals surface area contributed by atoms with Gasteiger partial charge in [0.05, 0.1) is 12.6 Å². The van der Waals surface area contributed by atoms with Gasteiger partial charge in [0.2, 0.25) is 5.91 Å². The number of rotatable bonds is 7. The first kappa shape index (κ1) is 20.7. The summed E-state index contributed by atoms with van der Waals surface area (Å²) in [6.07, 6.45) is 4.33. The number of ether oxygens (including phenoxy) is 1. The average Bonchev–Trinajstić information content (AvgIpc) is 3.57. The normalized spacial score (nSPS) is 18.2. The topological polar surface area (TPSA) is 41.6 Å². The van der Waals surface area contributed by atoms with Crippen molar-refractivity contribution in [2.75, 3.05) is 24.6 Å². The molecule has 1 saturated heterocycles. The van der Waals surface area contributed by atoms with Crippen LogP contribution in [0.3, 0.4) is 0 Å². The van der Waals surface area contributed by atoms with E-state index in [0.717, 1.165) is 37.1 Å². The number of carbonyl (C=O) groups excluding carboxylic acids is 1. The Kier molecular flexibility index (Phi) is 6.26. The van der Waals surface area contributed by atoms with Crippen molar-refractivity contribution in [3.8, 4) is 5.75 Å². The molecule has 5 heteroatoms. The molecule has 2 aliphatic rings. The SMILES string of the molecule is CC(=O)N[C@@H](C)c1ccc(N2CCC(c3ccc(OCC4CC4)cc3F)CC2)cc1. The van der Waals surface area contributed by atoms with Gasteiger partial charge in [-0.3, -0.25) is 4.79 Å². The lowest BCUT2D eigenvalue weighted by atomic mass is 9.88. The first-order valence-electron chi connectivity index (χ1n) is 11.0. The summed E-state index contributed by atoms with van der Waals surface area (Å²) in [5, 5.41) is 2.91. The third kappa shape index (κ3) is 5.13. The molecule has 2 aromatic carbocycles. The minimum atomic E-state index is -0.141. The zero-order chi connectivity index (χ0) is 21.1. The summed E-state index contributed by atoms with van der Waals surface area (Å²) in [5.41, 5.74) is 3.08. The lowest BCUT2D eigenvalue weighted by Crippen LogP contribution is -2.33. The van der Waals surface area contributed by atoms with E-state index in [1.807, 2.05) is 19.1 Å². The lowest BCUT2D eigenvalue weighted by Gasteiger charge is -2.34. The van der Waals surface area contributed by atoms with Crippen molar-refractivity contribution in [3.63, 3.8) is 0 Å². The van der Waals surface area contributed by atoms with Gasteiger partial charge >= 0.3 is 0 Å². The molecule has 1 saturated carbocycles. The van der Waals surface area contributed by atoms with Crippen LogP contribution in [0.2, 0.25) is 0 Å². The molecule has 4 rings (SSSR count). The number of halogens is 1. The van der Waals surface area contributed by atoms with E-state index in [-0.39, 0.29) is 23.7 Å². The second kappa shape index (κ2) is 9.07. The standard InChI is InChI=1S/C25H31FN2O2/c1-17(27-18(2)29)20-5-7-22(8-6-20)28-13-11-21(12-14-28)24-10-9-23(15-25(24)26)30-16-19-3-4-19/h5-10,15,17,19,21H,3-4,11-14,16H2,1-2H3,(H,27,29)/t17-/m0/s1. The van der Waals surface area contributed by atoms with Gasteiger partial charge in [0.15, 0.2) is 0 Å². The van der Waals surface area contributed by atoms with Gasteiger partial charge in [-0.05, 0) is 73.8 Å². The summed E-state index contributed by atoms with van der Waals surface area (Å²) in [7, 11) is 0. The minimum absolute atomic E-state index is 0.00138. The van der Waals surface area contributed by atoms with Crippen LogP contribution in [0.4, 0.5) is 10.1 Å². The van der Waals surface area contributed by atoms with Crippen LogP contribution in [0.1, 0.15) is 62.6 Å². The third-order valence-electron chi connectivity index (χ3n) is 6.27. The van der Waals surface area contributed by atoms with Crippen LogP contribution in [0, 0.1) is 11.7 Å². The van der Waals surface area contributed by atoms with Gasteiger partial charge in [-0.2, -0.15) is 0 Å². The minimum Gasteiger partial charge on any atom is -0.493 e. The summed E-state index contributed by atoms with van der Waals surface area (Å²) in [5.74, 6) is 1.40. The maximum atomic E-state index is 14.7. The van der Waals surface area contributed by atoms with E-state index >= 15 is 0 Å². The quantitative estimate of drug-likeness (QED) is 0.682. The van der Waals surface area contributed by atoms with Crippen molar-refractivity contribution >= 4 is 11.6 Å². The van der Waals surface area contributed by atoms with Crippen molar-refractivity contribution in [1.82, 2.24) is 5.32 Å². The van der Waals surface area contributed by atoms with Crippen LogP contribution in [0.5, 0.6) is 5.75 Å². The fraction of sp³-hybridized carbons (Fsp3) is 0.480. The van der Waals surface area contributed by atoms with Gasteiger partial charge in [0, 0.05) is 31.8 Å². The van der Waals surface area contributed by atoms with E-state index in [2.05, 4.69) is 34.5 Å². The maximum absolute atomic E-state index is 14.7. The van der Waals surface area contributed by atoms with Crippen LogP contribution in [-0.2, 0) is 4.79 Å². The second-order valence-electron chi connectivity index (χ2n) is 8.71. The number of benzene rings is 2. The molecule has 0 unspecified atom stereocenters. The van der Waals surface area contributed by atoms with Gasteiger partial charge < -0.3 is 15.0 Å². The molecule has 1 aliphatic carbocycles.